The number of nitro groups is 1. The predicted octanol–water partition coefficient (Wildman–Crippen LogP) is 0.139. The molecule has 0 radical (unpaired) electrons. The summed E-state index contributed by atoms with van der Waals surface area (Å²) in [5.74, 6) is -1.04. The Balaban J connectivity index is 2.31. The van der Waals surface area contributed by atoms with Gasteiger partial charge in [-0.25, -0.2) is 0 Å². The van der Waals surface area contributed by atoms with Crippen molar-refractivity contribution >= 4 is 11.7 Å². The van der Waals surface area contributed by atoms with Crippen molar-refractivity contribution in [2.75, 3.05) is 13.1 Å². The number of nitro benzene ring substituents is 1. The first-order valence-corrected chi connectivity index (χ1v) is 5.43. The fourth-order valence-electron chi connectivity index (χ4n) is 1.36. The summed E-state index contributed by atoms with van der Waals surface area (Å²) in [6.45, 7) is 0.765. The van der Waals surface area contributed by atoms with Gasteiger partial charge in [-0.1, -0.05) is 12.1 Å². The Labute approximate surface area is 104 Å². The van der Waals surface area contributed by atoms with Crippen LogP contribution in [0.5, 0.6) is 0 Å². The summed E-state index contributed by atoms with van der Waals surface area (Å²) >= 11 is 0. The number of hydrogen-bond acceptors (Lipinski definition) is 5. The van der Waals surface area contributed by atoms with Gasteiger partial charge in [0, 0.05) is 18.7 Å². The molecule has 4 N–H and O–H groups in total. The van der Waals surface area contributed by atoms with Crippen LogP contribution in [0.15, 0.2) is 24.3 Å². The molecule has 0 aromatic heterocycles. The van der Waals surface area contributed by atoms with Crippen molar-refractivity contribution in [2.45, 2.75) is 12.5 Å². The normalized spacial score (nSPS) is 12.1. The van der Waals surface area contributed by atoms with Crippen molar-refractivity contribution in [1.82, 2.24) is 5.32 Å². The number of aliphatic carboxylic acids is 1. The molecule has 18 heavy (non-hydrogen) atoms. The Bertz CT molecular complexity index is 419. The van der Waals surface area contributed by atoms with E-state index in [-0.39, 0.29) is 12.2 Å². The largest absolute Gasteiger partial charge is 0.480 e. The summed E-state index contributed by atoms with van der Waals surface area (Å²) in [6, 6.07) is 5.33. The number of non-ortho nitro benzene ring substituents is 1. The van der Waals surface area contributed by atoms with Gasteiger partial charge < -0.3 is 16.2 Å². The van der Waals surface area contributed by atoms with Crippen LogP contribution in [0.25, 0.3) is 0 Å². The maximum Gasteiger partial charge on any atom is 0.321 e. The SMILES string of the molecule is NC(CNCCc1ccc([N+](=O)[O-])cc1)C(=O)O. The molecule has 0 amide bonds. The van der Waals surface area contributed by atoms with Crippen LogP contribution in [0.1, 0.15) is 5.56 Å². The molecule has 1 aromatic carbocycles. The summed E-state index contributed by atoms with van der Waals surface area (Å²) < 4.78 is 0. The van der Waals surface area contributed by atoms with E-state index in [0.29, 0.717) is 13.0 Å². The molecule has 1 unspecified atom stereocenters. The van der Waals surface area contributed by atoms with Crippen molar-refractivity contribution in [1.29, 1.82) is 0 Å². The molecule has 1 atom stereocenters. The van der Waals surface area contributed by atoms with E-state index in [1.165, 1.54) is 12.1 Å². The van der Waals surface area contributed by atoms with E-state index < -0.39 is 16.9 Å². The Morgan fingerprint density at radius 3 is 2.56 bits per heavy atom. The summed E-state index contributed by atoms with van der Waals surface area (Å²) in [5, 5.41) is 21.9. The second kappa shape index (κ2) is 6.67. The fourth-order valence-corrected chi connectivity index (χ4v) is 1.36. The van der Waals surface area contributed by atoms with Gasteiger partial charge in [-0.15, -0.1) is 0 Å². The van der Waals surface area contributed by atoms with Crippen LogP contribution in [0.2, 0.25) is 0 Å². The number of nitrogens with zero attached hydrogens (tertiary/aromatic N) is 1. The minimum atomic E-state index is -1.04. The summed E-state index contributed by atoms with van der Waals surface area (Å²) in [6.07, 6.45) is 0.657. The standard InChI is InChI=1S/C11H15N3O4/c12-10(11(15)16)7-13-6-5-8-1-3-9(4-2-8)14(17)18/h1-4,10,13H,5-7,12H2,(H,15,16). The highest BCUT2D eigenvalue weighted by molar-refractivity contribution is 5.73. The molecule has 0 aliphatic heterocycles. The minimum Gasteiger partial charge on any atom is -0.480 e. The first kappa shape index (κ1) is 14.1. The lowest BCUT2D eigenvalue weighted by molar-refractivity contribution is -0.384. The Hall–Kier alpha value is -1.99. The Morgan fingerprint density at radius 2 is 2.06 bits per heavy atom. The van der Waals surface area contributed by atoms with E-state index in [4.69, 9.17) is 10.8 Å². The second-order valence-corrected chi connectivity index (χ2v) is 3.82. The quantitative estimate of drug-likeness (QED) is 0.361. The lowest BCUT2D eigenvalue weighted by Gasteiger charge is -2.08. The lowest BCUT2D eigenvalue weighted by Crippen LogP contribution is -2.40. The van der Waals surface area contributed by atoms with Crippen molar-refractivity contribution in [3.63, 3.8) is 0 Å². The molecule has 0 bridgehead atoms. The first-order valence-electron chi connectivity index (χ1n) is 5.43. The molecular weight excluding hydrogens is 238 g/mol. The van der Waals surface area contributed by atoms with Gasteiger partial charge in [0.2, 0.25) is 0 Å². The van der Waals surface area contributed by atoms with Crippen LogP contribution in [0.4, 0.5) is 5.69 Å². The number of carboxylic acids is 1. The van der Waals surface area contributed by atoms with Gasteiger partial charge in [0.15, 0.2) is 0 Å². The molecule has 98 valence electrons. The molecule has 1 aromatic rings. The van der Waals surface area contributed by atoms with Gasteiger partial charge in [0.1, 0.15) is 6.04 Å². The van der Waals surface area contributed by atoms with Crippen molar-refractivity contribution < 1.29 is 14.8 Å². The zero-order chi connectivity index (χ0) is 13.5. The molecule has 1 rings (SSSR count). The summed E-state index contributed by atoms with van der Waals surface area (Å²) in [7, 11) is 0. The Morgan fingerprint density at radius 1 is 1.44 bits per heavy atom. The van der Waals surface area contributed by atoms with E-state index in [1.807, 2.05) is 0 Å². The Kier molecular flexibility index (Phi) is 5.22. The lowest BCUT2D eigenvalue weighted by atomic mass is 10.1. The van der Waals surface area contributed by atoms with E-state index >= 15 is 0 Å². The van der Waals surface area contributed by atoms with Gasteiger partial charge in [-0.05, 0) is 18.5 Å². The van der Waals surface area contributed by atoms with Crippen LogP contribution in [-0.2, 0) is 11.2 Å². The molecule has 7 nitrogen and oxygen atoms in total. The van der Waals surface area contributed by atoms with Gasteiger partial charge in [-0.2, -0.15) is 0 Å². The first-order chi connectivity index (χ1) is 8.50. The fraction of sp³-hybridized carbons (Fsp3) is 0.364. The molecule has 0 fully saturated rings. The van der Waals surface area contributed by atoms with Gasteiger partial charge in [0.05, 0.1) is 4.92 Å². The van der Waals surface area contributed by atoms with Crippen molar-refractivity contribution in [3.05, 3.63) is 39.9 Å². The van der Waals surface area contributed by atoms with E-state index in [1.54, 1.807) is 12.1 Å². The van der Waals surface area contributed by atoms with E-state index in [0.717, 1.165) is 5.56 Å². The highest BCUT2D eigenvalue weighted by atomic mass is 16.6. The number of nitrogens with one attached hydrogen (secondary N) is 1. The van der Waals surface area contributed by atoms with Gasteiger partial charge in [-0.3, -0.25) is 14.9 Å². The third-order valence-corrected chi connectivity index (χ3v) is 2.42. The molecule has 7 heteroatoms. The van der Waals surface area contributed by atoms with Crippen molar-refractivity contribution in [3.8, 4) is 0 Å². The van der Waals surface area contributed by atoms with Gasteiger partial charge in [0.25, 0.3) is 5.69 Å². The van der Waals surface area contributed by atoms with Crippen LogP contribution < -0.4 is 11.1 Å². The number of hydrogen-bond donors (Lipinski definition) is 3. The maximum atomic E-state index is 10.4. The third kappa shape index (κ3) is 4.48. The number of benzene rings is 1. The monoisotopic (exact) mass is 253 g/mol. The maximum absolute atomic E-state index is 10.4. The summed E-state index contributed by atoms with van der Waals surface area (Å²) in [4.78, 5) is 20.4. The van der Waals surface area contributed by atoms with Crippen molar-refractivity contribution in [2.24, 2.45) is 5.73 Å². The minimum absolute atomic E-state index is 0.0552. The number of rotatable bonds is 7. The highest BCUT2D eigenvalue weighted by Crippen LogP contribution is 2.11. The number of nitrogens with two attached hydrogens (primary N) is 1. The molecular formula is C11H15N3O4. The average Bonchev–Trinajstić information content (AvgIpc) is 2.34. The topological polar surface area (TPSA) is 118 Å². The van der Waals surface area contributed by atoms with E-state index in [9.17, 15) is 14.9 Å². The average molecular weight is 253 g/mol. The third-order valence-electron chi connectivity index (χ3n) is 2.42. The van der Waals surface area contributed by atoms with Crippen LogP contribution >= 0.6 is 0 Å². The zero-order valence-corrected chi connectivity index (χ0v) is 9.70. The zero-order valence-electron chi connectivity index (χ0n) is 9.70. The smallest absolute Gasteiger partial charge is 0.321 e. The molecule has 0 aliphatic rings. The number of carboxylic acid groups (broad SMARTS) is 1. The van der Waals surface area contributed by atoms with Crippen LogP contribution in [0, 0.1) is 10.1 Å². The molecule has 0 aliphatic carbocycles. The molecule has 0 spiro atoms. The summed E-state index contributed by atoms with van der Waals surface area (Å²) in [5.41, 5.74) is 6.31. The predicted molar refractivity (Wildman–Crippen MR) is 65.3 cm³/mol. The highest BCUT2D eigenvalue weighted by Gasteiger charge is 2.09. The molecule has 0 heterocycles. The van der Waals surface area contributed by atoms with Crippen LogP contribution in [0.3, 0.4) is 0 Å². The molecule has 0 saturated heterocycles. The van der Waals surface area contributed by atoms with Gasteiger partial charge >= 0.3 is 5.97 Å². The van der Waals surface area contributed by atoms with E-state index in [2.05, 4.69) is 5.32 Å². The second-order valence-electron chi connectivity index (χ2n) is 3.82. The molecule has 0 saturated carbocycles. The van der Waals surface area contributed by atoms with Crippen LogP contribution in [-0.4, -0.2) is 35.1 Å². The number of carbonyl (C=O) groups is 1.